The lowest BCUT2D eigenvalue weighted by Crippen LogP contribution is -2.60. The van der Waals surface area contributed by atoms with Crippen molar-refractivity contribution < 1.29 is 72.9 Å². The Morgan fingerprint density at radius 3 is 2.35 bits per heavy atom. The molecule has 63 heavy (non-hydrogen) atoms. The lowest BCUT2D eigenvalue weighted by molar-refractivity contribution is -0.244. The van der Waals surface area contributed by atoms with Crippen LogP contribution in [0.5, 0.6) is 11.6 Å². The first-order valence-corrected chi connectivity index (χ1v) is 21.7. The van der Waals surface area contributed by atoms with Crippen molar-refractivity contribution in [1.29, 1.82) is 0 Å². The van der Waals surface area contributed by atoms with Gasteiger partial charge in [-0.3, -0.25) is 19.1 Å². The number of hydrogen-bond donors (Lipinski definition) is 3. The van der Waals surface area contributed by atoms with E-state index in [1.807, 2.05) is 6.92 Å². The Labute approximate surface area is 359 Å². The van der Waals surface area contributed by atoms with E-state index in [-0.39, 0.29) is 42.1 Å². The van der Waals surface area contributed by atoms with Gasteiger partial charge >= 0.3 is 18.4 Å². The van der Waals surface area contributed by atoms with E-state index in [0.29, 0.717) is 39.5 Å². The minimum absolute atomic E-state index is 0.0462. The van der Waals surface area contributed by atoms with Crippen LogP contribution in [0.3, 0.4) is 0 Å². The molecule has 4 aliphatic rings. The number of fused-ring (bicyclic) bond motifs is 3. The van der Waals surface area contributed by atoms with Crippen LogP contribution >= 0.6 is 0 Å². The van der Waals surface area contributed by atoms with Gasteiger partial charge in [-0.05, 0) is 77.3 Å². The van der Waals surface area contributed by atoms with Crippen LogP contribution in [-0.2, 0) is 40.1 Å². The first-order chi connectivity index (χ1) is 29.2. The molecule has 16 nitrogen and oxygen atoms in total. The molecule has 0 bridgehead atoms. The van der Waals surface area contributed by atoms with E-state index < -0.39 is 117 Å². The fraction of sp³-hybridized carbons (Fsp3) is 0.650. The van der Waals surface area contributed by atoms with E-state index in [1.54, 1.807) is 12.2 Å². The van der Waals surface area contributed by atoms with Crippen molar-refractivity contribution in [3.8, 4) is 11.6 Å². The minimum atomic E-state index is -5.11. The Morgan fingerprint density at radius 2 is 1.73 bits per heavy atom. The Kier molecular flexibility index (Phi) is 13.0. The summed E-state index contributed by atoms with van der Waals surface area (Å²) < 4.78 is 134. The summed E-state index contributed by atoms with van der Waals surface area (Å²) in [5.41, 5.74) is -6.60. The van der Waals surface area contributed by atoms with Crippen LogP contribution in [0.1, 0.15) is 78.3 Å². The zero-order valence-corrected chi connectivity index (χ0v) is 36.1. The molecule has 6 rings (SSSR count). The van der Waals surface area contributed by atoms with Crippen molar-refractivity contribution >= 4 is 44.9 Å². The minimum Gasteiger partial charge on any atom is -0.497 e. The van der Waals surface area contributed by atoms with Gasteiger partial charge in [-0.15, -0.1) is 0 Å². The molecule has 0 radical (unpaired) electrons. The number of hydrogen-bond acceptors (Lipinski definition) is 12. The number of alkyl carbamates (subject to hydrolysis) is 1. The second kappa shape index (κ2) is 17.2. The van der Waals surface area contributed by atoms with Crippen molar-refractivity contribution in [2.75, 3.05) is 27.4 Å². The summed E-state index contributed by atoms with van der Waals surface area (Å²) in [4.78, 5) is 65.4. The highest BCUT2D eigenvalue weighted by Crippen LogP contribution is 2.48. The number of carbonyl (C=O) groups excluding carboxylic acids is 4. The Bertz CT molecular complexity index is 2250. The van der Waals surface area contributed by atoms with Crippen LogP contribution in [-0.4, -0.2) is 115 Å². The molecule has 23 heteroatoms. The topological polar surface area (TPSA) is 204 Å². The second-order valence-electron chi connectivity index (χ2n) is 17.4. The molecule has 3 fully saturated rings. The van der Waals surface area contributed by atoms with Crippen molar-refractivity contribution in [3.63, 3.8) is 0 Å². The number of allylic oxidation sites excluding steroid dienone is 1. The molecule has 348 valence electrons. The van der Waals surface area contributed by atoms with E-state index in [4.69, 9.17) is 18.9 Å². The normalized spacial score (nSPS) is 28.3. The number of methoxy groups -OCH3 is 2. The van der Waals surface area contributed by atoms with Gasteiger partial charge < -0.3 is 34.5 Å². The molecule has 1 saturated heterocycles. The van der Waals surface area contributed by atoms with Crippen LogP contribution in [0.2, 0.25) is 0 Å². The fourth-order valence-corrected chi connectivity index (χ4v) is 9.12. The molecule has 2 saturated carbocycles. The maximum atomic E-state index is 14.9. The first-order valence-electron chi connectivity index (χ1n) is 20.2. The standard InChI is InChI=1S/C40H50F6N6O10S/c1-21-9-7-8-10-23-18-38(23,34(55)51-63(57,58)37(4)13-14-37)50-31(53)28-17-25(61-32-30(39(41,42)43)47-26-12-11-24(60-6)16-27(26)48-32)19-52(28)33(54)29(22(15-21)20-59-5)49-35(56)62-36(2,3)40(44,45)46/h8,10-12,16,21-23,25,28-29H,7,9,13-15,17-20H2,1-6H3,(H,49,56)(H,50,53)(H,51,55)/b10-8-/t21-,22-,23+,25+,28-,29-,38+/m0/s1. The molecule has 0 spiro atoms. The number of nitrogens with zero attached hydrogens (tertiary/aromatic N) is 3. The van der Waals surface area contributed by atoms with Crippen LogP contribution in [0.4, 0.5) is 31.1 Å². The zero-order valence-electron chi connectivity index (χ0n) is 35.3. The number of nitrogens with one attached hydrogen (secondary N) is 3. The highest BCUT2D eigenvalue weighted by Gasteiger charge is 2.63. The van der Waals surface area contributed by atoms with Gasteiger partial charge in [0.2, 0.25) is 39.0 Å². The quantitative estimate of drug-likeness (QED) is 0.214. The molecule has 2 aliphatic carbocycles. The maximum absolute atomic E-state index is 14.9. The summed E-state index contributed by atoms with van der Waals surface area (Å²) in [7, 11) is -1.58. The number of ether oxygens (including phenoxy) is 4. The highest BCUT2D eigenvalue weighted by molar-refractivity contribution is 7.91. The SMILES string of the molecule is COC[C@@H]1C[C@@H](C)CC/C=C\[C@@H]2C[C@@]2(C(=O)NS(=O)(=O)C2(C)CC2)NC(=O)[C@@H]2C[C@@H](Oc3nc4cc(OC)ccc4nc3C(F)(F)F)CN2C(=O)[C@H]1NC(=O)OC(C)(C)C(F)(F)F. The van der Waals surface area contributed by atoms with Gasteiger partial charge in [0.05, 0.1) is 36.0 Å². The number of carbonyl (C=O) groups is 4. The van der Waals surface area contributed by atoms with Crippen LogP contribution in [0.25, 0.3) is 11.0 Å². The Hall–Kier alpha value is -4.93. The third-order valence-corrected chi connectivity index (χ3v) is 14.3. The largest absolute Gasteiger partial charge is 0.497 e. The summed E-state index contributed by atoms with van der Waals surface area (Å²) in [5.74, 6) is -5.81. The first kappa shape index (κ1) is 47.5. The lowest BCUT2D eigenvalue weighted by atomic mass is 9.87. The van der Waals surface area contributed by atoms with E-state index in [2.05, 4.69) is 25.3 Å². The molecular formula is C40H50F6N6O10S. The molecular weight excluding hydrogens is 871 g/mol. The third kappa shape index (κ3) is 10.1. The van der Waals surface area contributed by atoms with Gasteiger partial charge in [0.15, 0.2) is 0 Å². The number of rotatable bonds is 10. The highest BCUT2D eigenvalue weighted by atomic mass is 32.2. The van der Waals surface area contributed by atoms with Crippen molar-refractivity contribution in [2.24, 2.45) is 17.8 Å². The average molecular weight is 921 g/mol. The monoisotopic (exact) mass is 920 g/mol. The molecule has 2 aliphatic heterocycles. The van der Waals surface area contributed by atoms with E-state index in [0.717, 1.165) is 4.90 Å². The number of amides is 4. The summed E-state index contributed by atoms with van der Waals surface area (Å²) in [5, 5.41) is 4.88. The number of aromatic nitrogens is 2. The van der Waals surface area contributed by atoms with Gasteiger partial charge in [-0.25, -0.2) is 23.2 Å². The number of halogens is 6. The Morgan fingerprint density at radius 1 is 1.03 bits per heavy atom. The van der Waals surface area contributed by atoms with Gasteiger partial charge in [-0.1, -0.05) is 19.1 Å². The third-order valence-electron chi connectivity index (χ3n) is 12.2. The smallest absolute Gasteiger partial charge is 0.438 e. The molecule has 1 aromatic carbocycles. The summed E-state index contributed by atoms with van der Waals surface area (Å²) in [6.45, 7) is 3.62. The van der Waals surface area contributed by atoms with Gasteiger partial charge in [-0.2, -0.15) is 26.3 Å². The molecule has 3 N–H and O–H groups in total. The molecule has 4 amide bonds. The van der Waals surface area contributed by atoms with E-state index in [1.165, 1.54) is 39.3 Å². The average Bonchev–Trinajstić information content (AvgIpc) is 4.06. The summed E-state index contributed by atoms with van der Waals surface area (Å²) in [6.07, 6.45) is -8.77. The second-order valence-corrected chi connectivity index (χ2v) is 19.6. The van der Waals surface area contributed by atoms with Crippen molar-refractivity contribution in [2.45, 2.75) is 119 Å². The molecule has 2 aromatic rings. The van der Waals surface area contributed by atoms with E-state index >= 15 is 0 Å². The molecule has 3 heterocycles. The molecule has 1 aromatic heterocycles. The fourth-order valence-electron chi connectivity index (χ4n) is 7.81. The van der Waals surface area contributed by atoms with Gasteiger partial charge in [0, 0.05) is 31.4 Å². The van der Waals surface area contributed by atoms with Crippen molar-refractivity contribution in [3.05, 3.63) is 36.0 Å². The van der Waals surface area contributed by atoms with Gasteiger partial charge in [0.1, 0.15) is 29.5 Å². The molecule has 7 atom stereocenters. The summed E-state index contributed by atoms with van der Waals surface area (Å²) in [6, 6.07) is 0.527. The Balaban J connectivity index is 1.41. The number of alkyl halides is 6. The van der Waals surface area contributed by atoms with Crippen LogP contribution in [0.15, 0.2) is 30.4 Å². The molecule has 0 unspecified atom stereocenters. The van der Waals surface area contributed by atoms with Gasteiger partial charge in [0.25, 0.3) is 5.91 Å². The predicted octanol–water partition coefficient (Wildman–Crippen LogP) is 4.95. The maximum Gasteiger partial charge on any atom is 0.438 e. The predicted molar refractivity (Wildman–Crippen MR) is 210 cm³/mol. The lowest BCUT2D eigenvalue weighted by Gasteiger charge is -2.35. The number of sulfonamides is 1. The van der Waals surface area contributed by atoms with Crippen LogP contribution < -0.4 is 24.8 Å². The number of benzene rings is 1. The van der Waals surface area contributed by atoms with Crippen LogP contribution in [0, 0.1) is 17.8 Å². The zero-order chi connectivity index (χ0) is 46.5. The van der Waals surface area contributed by atoms with E-state index in [9.17, 15) is 53.9 Å². The summed E-state index contributed by atoms with van der Waals surface area (Å²) >= 11 is 0. The van der Waals surface area contributed by atoms with Crippen molar-refractivity contribution in [1.82, 2.24) is 30.2 Å².